The summed E-state index contributed by atoms with van der Waals surface area (Å²) < 4.78 is 0. The number of hydrogen-bond donors (Lipinski definition) is 3. The fourth-order valence-electron chi connectivity index (χ4n) is 2.16. The SMILES string of the molecule is CC(CC(=O)Nc1ccc(C(N)=O)cc1)NC(=O)c1ccccc1. The fourth-order valence-corrected chi connectivity index (χ4v) is 2.16. The summed E-state index contributed by atoms with van der Waals surface area (Å²) in [6.07, 6.45) is 0.135. The Labute approximate surface area is 140 Å². The maximum Gasteiger partial charge on any atom is 0.251 e. The molecule has 0 aliphatic rings. The topological polar surface area (TPSA) is 101 Å². The first-order valence-corrected chi connectivity index (χ1v) is 7.51. The van der Waals surface area contributed by atoms with Crippen molar-refractivity contribution in [3.63, 3.8) is 0 Å². The van der Waals surface area contributed by atoms with Crippen LogP contribution in [0.4, 0.5) is 5.69 Å². The number of primary amides is 1. The molecule has 2 rings (SSSR count). The third kappa shape index (κ3) is 4.95. The zero-order valence-electron chi connectivity index (χ0n) is 13.3. The van der Waals surface area contributed by atoms with Crippen LogP contribution in [0.25, 0.3) is 0 Å². The Kier molecular flexibility index (Phi) is 5.68. The summed E-state index contributed by atoms with van der Waals surface area (Å²) in [5, 5.41) is 5.49. The molecule has 2 aromatic rings. The van der Waals surface area contributed by atoms with Crippen LogP contribution >= 0.6 is 0 Å². The van der Waals surface area contributed by atoms with Gasteiger partial charge in [-0.15, -0.1) is 0 Å². The van der Waals surface area contributed by atoms with E-state index >= 15 is 0 Å². The van der Waals surface area contributed by atoms with E-state index in [2.05, 4.69) is 10.6 Å². The smallest absolute Gasteiger partial charge is 0.251 e. The molecule has 0 radical (unpaired) electrons. The molecule has 0 spiro atoms. The highest BCUT2D eigenvalue weighted by Gasteiger charge is 2.13. The van der Waals surface area contributed by atoms with Gasteiger partial charge in [0.2, 0.25) is 11.8 Å². The highest BCUT2D eigenvalue weighted by atomic mass is 16.2. The lowest BCUT2D eigenvalue weighted by molar-refractivity contribution is -0.116. The largest absolute Gasteiger partial charge is 0.366 e. The molecule has 0 saturated heterocycles. The second-order valence-electron chi connectivity index (χ2n) is 5.43. The molecule has 6 heteroatoms. The van der Waals surface area contributed by atoms with Gasteiger partial charge in [0.25, 0.3) is 5.91 Å². The predicted octanol–water partition coefficient (Wildman–Crippen LogP) is 1.93. The van der Waals surface area contributed by atoms with Crippen LogP contribution in [0, 0.1) is 0 Å². The zero-order valence-corrected chi connectivity index (χ0v) is 13.3. The van der Waals surface area contributed by atoms with E-state index in [1.165, 1.54) is 0 Å². The highest BCUT2D eigenvalue weighted by Crippen LogP contribution is 2.10. The van der Waals surface area contributed by atoms with Crippen LogP contribution in [0.1, 0.15) is 34.1 Å². The second kappa shape index (κ2) is 7.92. The summed E-state index contributed by atoms with van der Waals surface area (Å²) in [4.78, 5) is 35.0. The van der Waals surface area contributed by atoms with Gasteiger partial charge in [-0.2, -0.15) is 0 Å². The van der Waals surface area contributed by atoms with Gasteiger partial charge in [-0.1, -0.05) is 18.2 Å². The summed E-state index contributed by atoms with van der Waals surface area (Å²) in [5.41, 5.74) is 6.64. The van der Waals surface area contributed by atoms with Crippen molar-refractivity contribution in [2.24, 2.45) is 5.73 Å². The van der Waals surface area contributed by atoms with Gasteiger partial charge >= 0.3 is 0 Å². The molecule has 2 aromatic carbocycles. The number of hydrogen-bond acceptors (Lipinski definition) is 3. The fraction of sp³-hybridized carbons (Fsp3) is 0.167. The molecular formula is C18H19N3O3. The van der Waals surface area contributed by atoms with Crippen molar-refractivity contribution in [2.45, 2.75) is 19.4 Å². The first kappa shape index (κ1) is 17.2. The molecule has 124 valence electrons. The number of rotatable bonds is 6. The lowest BCUT2D eigenvalue weighted by Gasteiger charge is -2.14. The first-order chi connectivity index (χ1) is 11.5. The summed E-state index contributed by atoms with van der Waals surface area (Å²) in [7, 11) is 0. The third-order valence-electron chi connectivity index (χ3n) is 3.36. The van der Waals surface area contributed by atoms with Gasteiger partial charge in [0, 0.05) is 29.3 Å². The van der Waals surface area contributed by atoms with Crippen molar-refractivity contribution in [1.82, 2.24) is 5.32 Å². The van der Waals surface area contributed by atoms with Gasteiger partial charge in [-0.3, -0.25) is 14.4 Å². The Bertz CT molecular complexity index is 727. The molecule has 0 aliphatic carbocycles. The lowest BCUT2D eigenvalue weighted by atomic mass is 10.1. The van der Waals surface area contributed by atoms with Crippen LogP contribution in [-0.4, -0.2) is 23.8 Å². The minimum Gasteiger partial charge on any atom is -0.366 e. The van der Waals surface area contributed by atoms with Gasteiger partial charge < -0.3 is 16.4 Å². The molecule has 6 nitrogen and oxygen atoms in total. The lowest BCUT2D eigenvalue weighted by Crippen LogP contribution is -2.35. The van der Waals surface area contributed by atoms with E-state index in [1.807, 2.05) is 6.07 Å². The molecule has 1 unspecified atom stereocenters. The molecule has 24 heavy (non-hydrogen) atoms. The maximum absolute atomic E-state index is 12.0. The quantitative estimate of drug-likeness (QED) is 0.756. The minimum atomic E-state index is -0.523. The molecule has 0 aromatic heterocycles. The molecular weight excluding hydrogens is 306 g/mol. The van der Waals surface area contributed by atoms with Crippen LogP contribution in [0.2, 0.25) is 0 Å². The molecule has 3 amide bonds. The summed E-state index contributed by atoms with van der Waals surface area (Å²) in [5.74, 6) is -0.977. The zero-order chi connectivity index (χ0) is 17.5. The number of nitrogens with two attached hydrogens (primary N) is 1. The standard InChI is InChI=1S/C18H19N3O3/c1-12(20-18(24)14-5-3-2-4-6-14)11-16(22)21-15-9-7-13(8-10-15)17(19)23/h2-10,12H,11H2,1H3,(H2,19,23)(H,20,24)(H,21,22). The van der Waals surface area contributed by atoms with Crippen molar-refractivity contribution >= 4 is 23.4 Å². The molecule has 0 bridgehead atoms. The summed E-state index contributed by atoms with van der Waals surface area (Å²) >= 11 is 0. The van der Waals surface area contributed by atoms with E-state index in [1.54, 1.807) is 55.5 Å². The van der Waals surface area contributed by atoms with E-state index < -0.39 is 5.91 Å². The van der Waals surface area contributed by atoms with Crippen LogP contribution in [0.3, 0.4) is 0 Å². The van der Waals surface area contributed by atoms with Gasteiger partial charge in [0.1, 0.15) is 0 Å². The monoisotopic (exact) mass is 325 g/mol. The predicted molar refractivity (Wildman–Crippen MR) is 91.6 cm³/mol. The molecule has 0 saturated carbocycles. The van der Waals surface area contributed by atoms with Gasteiger partial charge in [-0.25, -0.2) is 0 Å². The molecule has 0 heterocycles. The number of amides is 3. The van der Waals surface area contributed by atoms with Crippen molar-refractivity contribution < 1.29 is 14.4 Å². The van der Waals surface area contributed by atoms with Crippen molar-refractivity contribution in [2.75, 3.05) is 5.32 Å². The van der Waals surface area contributed by atoms with E-state index in [-0.39, 0.29) is 24.3 Å². The molecule has 0 aliphatic heterocycles. The first-order valence-electron chi connectivity index (χ1n) is 7.51. The normalized spacial score (nSPS) is 11.4. The number of nitrogens with one attached hydrogen (secondary N) is 2. The average molecular weight is 325 g/mol. The van der Waals surface area contributed by atoms with Crippen LogP contribution < -0.4 is 16.4 Å². The third-order valence-corrected chi connectivity index (χ3v) is 3.36. The van der Waals surface area contributed by atoms with Gasteiger partial charge in [0.05, 0.1) is 0 Å². The Morgan fingerprint density at radius 2 is 1.58 bits per heavy atom. The van der Waals surface area contributed by atoms with E-state index in [0.29, 0.717) is 16.8 Å². The van der Waals surface area contributed by atoms with Crippen LogP contribution in [0.5, 0.6) is 0 Å². The Morgan fingerprint density at radius 1 is 0.958 bits per heavy atom. The number of carbonyl (C=O) groups excluding carboxylic acids is 3. The average Bonchev–Trinajstić information content (AvgIpc) is 2.55. The molecule has 1 atom stereocenters. The Hall–Kier alpha value is -3.15. The number of benzene rings is 2. The number of carbonyl (C=O) groups is 3. The maximum atomic E-state index is 12.0. The molecule has 0 fully saturated rings. The highest BCUT2D eigenvalue weighted by molar-refractivity contribution is 5.96. The van der Waals surface area contributed by atoms with Crippen molar-refractivity contribution in [3.8, 4) is 0 Å². The van der Waals surface area contributed by atoms with Crippen LogP contribution in [-0.2, 0) is 4.79 Å². The summed E-state index contributed by atoms with van der Waals surface area (Å²) in [6, 6.07) is 14.8. The minimum absolute atomic E-state index is 0.135. The van der Waals surface area contributed by atoms with Crippen molar-refractivity contribution in [3.05, 3.63) is 65.7 Å². The van der Waals surface area contributed by atoms with Crippen molar-refractivity contribution in [1.29, 1.82) is 0 Å². The van der Waals surface area contributed by atoms with Gasteiger partial charge in [0.15, 0.2) is 0 Å². The van der Waals surface area contributed by atoms with E-state index in [0.717, 1.165) is 0 Å². The van der Waals surface area contributed by atoms with E-state index in [4.69, 9.17) is 5.73 Å². The Balaban J connectivity index is 1.85. The second-order valence-corrected chi connectivity index (χ2v) is 5.43. The number of anilines is 1. The van der Waals surface area contributed by atoms with Crippen LogP contribution in [0.15, 0.2) is 54.6 Å². The molecule has 4 N–H and O–H groups in total. The Morgan fingerprint density at radius 3 is 2.17 bits per heavy atom. The van der Waals surface area contributed by atoms with E-state index in [9.17, 15) is 14.4 Å². The summed E-state index contributed by atoms with van der Waals surface area (Å²) in [6.45, 7) is 1.76. The van der Waals surface area contributed by atoms with Gasteiger partial charge in [-0.05, 0) is 43.3 Å².